The molecule has 0 unspecified atom stereocenters. The fourth-order valence-corrected chi connectivity index (χ4v) is 1.74. The molecule has 1 rings (SSSR count). The van der Waals surface area contributed by atoms with Crippen molar-refractivity contribution in [1.29, 1.82) is 0 Å². The van der Waals surface area contributed by atoms with Crippen molar-refractivity contribution in [3.05, 3.63) is 12.4 Å². The average Bonchev–Trinajstić information content (AvgIpc) is 2.48. The van der Waals surface area contributed by atoms with E-state index >= 15 is 0 Å². The molecule has 5 nitrogen and oxygen atoms in total. The van der Waals surface area contributed by atoms with Crippen LogP contribution in [0.3, 0.4) is 0 Å². The number of hydrogen-bond acceptors (Lipinski definition) is 4. The molecule has 0 amide bonds. The zero-order chi connectivity index (χ0) is 13.3. The van der Waals surface area contributed by atoms with E-state index in [9.17, 15) is 8.42 Å². The minimum Gasteiger partial charge on any atom is -0.353 e. The summed E-state index contributed by atoms with van der Waals surface area (Å²) in [7, 11) is -3.10. The van der Waals surface area contributed by atoms with E-state index < -0.39 is 14.6 Å². The highest BCUT2D eigenvalue weighted by atomic mass is 32.2. The summed E-state index contributed by atoms with van der Waals surface area (Å²) >= 11 is 0. The van der Waals surface area contributed by atoms with Gasteiger partial charge in [0.1, 0.15) is 0 Å². The van der Waals surface area contributed by atoms with Gasteiger partial charge in [-0.05, 0) is 27.7 Å². The molecule has 17 heavy (non-hydrogen) atoms. The Morgan fingerprint density at radius 2 is 2.06 bits per heavy atom. The quantitative estimate of drug-likeness (QED) is 0.871. The molecule has 1 aromatic heterocycles. The Kier molecular flexibility index (Phi) is 3.86. The van der Waals surface area contributed by atoms with Crippen LogP contribution < -0.4 is 5.32 Å². The summed E-state index contributed by atoms with van der Waals surface area (Å²) in [6.45, 7) is 7.87. The summed E-state index contributed by atoms with van der Waals surface area (Å²) in [5, 5.41) is 3.18. The predicted molar refractivity (Wildman–Crippen MR) is 69.9 cm³/mol. The molecule has 0 aliphatic heterocycles. The molecule has 0 radical (unpaired) electrons. The average molecular weight is 259 g/mol. The van der Waals surface area contributed by atoms with Crippen LogP contribution >= 0.6 is 0 Å². The molecule has 0 bridgehead atoms. The number of nitrogens with zero attached hydrogens (tertiary/aromatic N) is 2. The number of rotatable bonds is 5. The third-order valence-electron chi connectivity index (χ3n) is 2.69. The second kappa shape index (κ2) is 4.68. The van der Waals surface area contributed by atoms with E-state index in [0.717, 1.165) is 0 Å². The minimum absolute atomic E-state index is 0.262. The van der Waals surface area contributed by atoms with Gasteiger partial charge in [-0.25, -0.2) is 13.4 Å². The van der Waals surface area contributed by atoms with Crippen molar-refractivity contribution in [1.82, 2.24) is 9.55 Å². The Labute approximate surface area is 103 Å². The summed E-state index contributed by atoms with van der Waals surface area (Å²) in [5.41, 5.74) is 0. The molecule has 0 aromatic carbocycles. The van der Waals surface area contributed by atoms with E-state index in [1.54, 1.807) is 26.2 Å². The molecular weight excluding hydrogens is 238 g/mol. The summed E-state index contributed by atoms with van der Waals surface area (Å²) in [4.78, 5) is 4.18. The Morgan fingerprint density at radius 1 is 1.47 bits per heavy atom. The molecule has 0 fully saturated rings. The molecular formula is C11H21N3O2S. The lowest BCUT2D eigenvalue weighted by atomic mass is 10.2. The fraction of sp³-hybridized carbons (Fsp3) is 0.727. The van der Waals surface area contributed by atoms with Crippen molar-refractivity contribution in [2.75, 3.05) is 11.6 Å². The number of imidazole rings is 1. The highest BCUT2D eigenvalue weighted by molar-refractivity contribution is 7.92. The van der Waals surface area contributed by atoms with E-state index in [-0.39, 0.29) is 6.04 Å². The van der Waals surface area contributed by atoms with Gasteiger partial charge in [0.15, 0.2) is 9.84 Å². The molecule has 0 aliphatic rings. The lowest BCUT2D eigenvalue weighted by molar-refractivity contribution is 0.504. The van der Waals surface area contributed by atoms with Gasteiger partial charge in [0.05, 0.1) is 4.75 Å². The second-order valence-corrected chi connectivity index (χ2v) is 7.86. The van der Waals surface area contributed by atoms with Crippen LogP contribution in [0, 0.1) is 0 Å². The van der Waals surface area contributed by atoms with Crippen LogP contribution in [0.4, 0.5) is 5.95 Å². The maximum atomic E-state index is 11.7. The van der Waals surface area contributed by atoms with Crippen LogP contribution in [0.1, 0.15) is 27.7 Å². The van der Waals surface area contributed by atoms with Crippen molar-refractivity contribution in [3.63, 3.8) is 0 Å². The molecule has 98 valence electrons. The van der Waals surface area contributed by atoms with Crippen molar-refractivity contribution in [2.24, 2.45) is 0 Å². The van der Waals surface area contributed by atoms with Crippen LogP contribution in [0.5, 0.6) is 0 Å². The van der Waals surface area contributed by atoms with Crippen molar-refractivity contribution < 1.29 is 8.42 Å². The van der Waals surface area contributed by atoms with Gasteiger partial charge < -0.3 is 9.88 Å². The lowest BCUT2D eigenvalue weighted by Gasteiger charge is -2.24. The molecule has 1 N–H and O–H groups in total. The van der Waals surface area contributed by atoms with Gasteiger partial charge in [-0.3, -0.25) is 0 Å². The molecule has 0 spiro atoms. The van der Waals surface area contributed by atoms with E-state index in [2.05, 4.69) is 10.3 Å². The van der Waals surface area contributed by atoms with E-state index in [0.29, 0.717) is 12.5 Å². The molecule has 0 aliphatic carbocycles. The third kappa shape index (κ3) is 3.46. The van der Waals surface area contributed by atoms with Crippen molar-refractivity contribution in [2.45, 2.75) is 45.0 Å². The Balaban J connectivity index is 2.93. The van der Waals surface area contributed by atoms with Gasteiger partial charge >= 0.3 is 0 Å². The largest absolute Gasteiger partial charge is 0.353 e. The summed E-state index contributed by atoms with van der Waals surface area (Å²) in [6.07, 6.45) is 4.72. The Morgan fingerprint density at radius 3 is 2.53 bits per heavy atom. The van der Waals surface area contributed by atoms with Gasteiger partial charge in [-0.2, -0.15) is 0 Å². The van der Waals surface area contributed by atoms with Gasteiger partial charge in [-0.15, -0.1) is 0 Å². The van der Waals surface area contributed by atoms with E-state index in [4.69, 9.17) is 0 Å². The molecule has 1 heterocycles. The monoisotopic (exact) mass is 259 g/mol. The number of aromatic nitrogens is 2. The normalized spacial score (nSPS) is 13.1. The Bertz CT molecular complexity index is 475. The first-order valence-corrected chi connectivity index (χ1v) is 7.50. The van der Waals surface area contributed by atoms with Crippen molar-refractivity contribution >= 4 is 15.8 Å². The fourth-order valence-electron chi connectivity index (χ4n) is 1.36. The summed E-state index contributed by atoms with van der Waals surface area (Å²) in [6, 6.07) is 0.262. The van der Waals surface area contributed by atoms with Crippen LogP contribution in [-0.4, -0.2) is 35.0 Å². The van der Waals surface area contributed by atoms with Gasteiger partial charge in [-0.1, -0.05) is 0 Å². The highest BCUT2D eigenvalue weighted by Crippen LogP contribution is 2.20. The van der Waals surface area contributed by atoms with Gasteiger partial charge in [0.2, 0.25) is 5.95 Å². The molecule has 6 heteroatoms. The first-order chi connectivity index (χ1) is 7.63. The summed E-state index contributed by atoms with van der Waals surface area (Å²) in [5.74, 6) is 0.705. The smallest absolute Gasteiger partial charge is 0.203 e. The first kappa shape index (κ1) is 14.0. The van der Waals surface area contributed by atoms with E-state index in [1.807, 2.05) is 18.4 Å². The third-order valence-corrected chi connectivity index (χ3v) is 4.82. The molecule has 1 aromatic rings. The SMILES string of the molecule is CC(C)Nc1nccn1CC(C)(C)S(C)(=O)=O. The van der Waals surface area contributed by atoms with Crippen LogP contribution in [0.25, 0.3) is 0 Å². The highest BCUT2D eigenvalue weighted by Gasteiger charge is 2.31. The first-order valence-electron chi connectivity index (χ1n) is 5.61. The maximum Gasteiger partial charge on any atom is 0.203 e. The zero-order valence-corrected chi connectivity index (χ0v) is 11.9. The topological polar surface area (TPSA) is 64.0 Å². The molecule has 0 saturated carbocycles. The Hall–Kier alpha value is -1.04. The van der Waals surface area contributed by atoms with Gasteiger partial charge in [0, 0.05) is 31.2 Å². The second-order valence-electron chi connectivity index (χ2n) is 5.21. The summed E-state index contributed by atoms with van der Waals surface area (Å²) < 4.78 is 24.3. The maximum absolute atomic E-state index is 11.7. The zero-order valence-electron chi connectivity index (χ0n) is 11.1. The van der Waals surface area contributed by atoms with Crippen molar-refractivity contribution in [3.8, 4) is 0 Å². The van der Waals surface area contributed by atoms with Crippen LogP contribution in [0.15, 0.2) is 12.4 Å². The van der Waals surface area contributed by atoms with Gasteiger partial charge in [0.25, 0.3) is 0 Å². The van der Waals surface area contributed by atoms with E-state index in [1.165, 1.54) is 6.26 Å². The standard InChI is InChI=1S/C11H21N3O2S/c1-9(2)13-10-12-6-7-14(10)8-11(3,4)17(5,15)16/h6-7,9H,8H2,1-5H3,(H,12,13). The lowest BCUT2D eigenvalue weighted by Crippen LogP contribution is -2.36. The van der Waals surface area contributed by atoms with Crippen LogP contribution in [0.2, 0.25) is 0 Å². The minimum atomic E-state index is -3.10. The molecule has 0 atom stereocenters. The molecule has 0 saturated heterocycles. The number of sulfone groups is 1. The van der Waals surface area contributed by atoms with Crippen LogP contribution in [-0.2, 0) is 16.4 Å². The predicted octanol–water partition coefficient (Wildman–Crippen LogP) is 1.53. The number of nitrogens with one attached hydrogen (secondary N) is 1. The number of hydrogen-bond donors (Lipinski definition) is 1. The number of anilines is 1.